The zero-order valence-corrected chi connectivity index (χ0v) is 23.1. The molecule has 2 aromatic rings. The van der Waals surface area contributed by atoms with Gasteiger partial charge in [0, 0.05) is 12.0 Å². The molecule has 0 amide bonds. The molecule has 2 aromatic carbocycles. The number of carbonyl (C=O) groups is 3. The summed E-state index contributed by atoms with van der Waals surface area (Å²) >= 11 is 0. The SMILES string of the molecule is COc1c(C(=O)CC(C)C)ccc2c1C(=O)OCc1cc(C)cc(C(=O)OC3C4CC5CC(C4)CC3C5)c1O2. The number of benzene rings is 2. The highest BCUT2D eigenvalue weighted by Crippen LogP contribution is 2.55. The fraction of sp³-hybridized carbons (Fsp3) is 0.531. The summed E-state index contributed by atoms with van der Waals surface area (Å²) in [6, 6.07) is 6.81. The number of hydrogen-bond donors (Lipinski definition) is 0. The number of ketones is 1. The number of cyclic esters (lactones) is 1. The smallest absolute Gasteiger partial charge is 0.346 e. The largest absolute Gasteiger partial charge is 0.495 e. The predicted octanol–water partition coefficient (Wildman–Crippen LogP) is 6.68. The Bertz CT molecular complexity index is 1310. The van der Waals surface area contributed by atoms with E-state index in [-0.39, 0.29) is 41.5 Å². The lowest BCUT2D eigenvalue weighted by Crippen LogP contribution is -2.50. The lowest BCUT2D eigenvalue weighted by molar-refractivity contribution is -0.101. The predicted molar refractivity (Wildman–Crippen MR) is 143 cm³/mol. The molecule has 39 heavy (non-hydrogen) atoms. The third kappa shape index (κ3) is 4.70. The van der Waals surface area contributed by atoms with E-state index in [2.05, 4.69) is 0 Å². The van der Waals surface area contributed by atoms with Gasteiger partial charge in [-0.25, -0.2) is 9.59 Å². The maximum Gasteiger partial charge on any atom is 0.346 e. The molecule has 0 unspecified atom stereocenters. The van der Waals surface area contributed by atoms with Crippen molar-refractivity contribution in [2.24, 2.45) is 29.6 Å². The Morgan fingerprint density at radius 3 is 2.33 bits per heavy atom. The topological polar surface area (TPSA) is 88.1 Å². The fourth-order valence-electron chi connectivity index (χ4n) is 7.56. The molecule has 5 aliphatic rings. The van der Waals surface area contributed by atoms with Crippen molar-refractivity contribution in [1.29, 1.82) is 0 Å². The highest BCUT2D eigenvalue weighted by Gasteiger charge is 2.50. The molecule has 7 rings (SSSR count). The van der Waals surface area contributed by atoms with Crippen LogP contribution in [0, 0.1) is 36.5 Å². The van der Waals surface area contributed by atoms with Crippen molar-refractivity contribution in [3.8, 4) is 17.2 Å². The van der Waals surface area contributed by atoms with Gasteiger partial charge >= 0.3 is 11.9 Å². The van der Waals surface area contributed by atoms with Crippen LogP contribution in [0.2, 0.25) is 0 Å². The Kier molecular flexibility index (Phi) is 6.64. The molecule has 7 heteroatoms. The minimum Gasteiger partial charge on any atom is -0.495 e. The second kappa shape index (κ2) is 10.00. The Labute approximate surface area is 229 Å². The third-order valence-corrected chi connectivity index (χ3v) is 8.91. The van der Waals surface area contributed by atoms with Crippen molar-refractivity contribution in [1.82, 2.24) is 0 Å². The molecular weight excluding hydrogens is 496 g/mol. The van der Waals surface area contributed by atoms with E-state index in [4.69, 9.17) is 18.9 Å². The number of fused-ring (bicyclic) bond motifs is 2. The van der Waals surface area contributed by atoms with Crippen LogP contribution >= 0.6 is 0 Å². The van der Waals surface area contributed by atoms with Gasteiger partial charge in [-0.05, 0) is 98.4 Å². The van der Waals surface area contributed by atoms with Crippen LogP contribution in [0.3, 0.4) is 0 Å². The molecule has 0 atom stereocenters. The Morgan fingerprint density at radius 2 is 1.69 bits per heavy atom. The highest BCUT2D eigenvalue weighted by molar-refractivity contribution is 6.05. The van der Waals surface area contributed by atoms with E-state index in [9.17, 15) is 14.4 Å². The second-order valence-corrected chi connectivity index (χ2v) is 12.3. The van der Waals surface area contributed by atoms with Crippen LogP contribution in [0.25, 0.3) is 0 Å². The first-order valence-electron chi connectivity index (χ1n) is 14.2. The average Bonchev–Trinajstić information content (AvgIpc) is 2.88. The number of ether oxygens (including phenoxy) is 4. The van der Waals surface area contributed by atoms with Gasteiger partial charge in [0.05, 0.1) is 12.7 Å². The molecule has 7 nitrogen and oxygen atoms in total. The van der Waals surface area contributed by atoms with Crippen molar-refractivity contribution in [2.75, 3.05) is 7.11 Å². The van der Waals surface area contributed by atoms with Crippen LogP contribution < -0.4 is 9.47 Å². The molecule has 0 N–H and O–H groups in total. The van der Waals surface area contributed by atoms with Crippen LogP contribution in [0.1, 0.15) is 94.6 Å². The number of esters is 2. The van der Waals surface area contributed by atoms with Crippen LogP contribution in [0.4, 0.5) is 0 Å². The molecule has 206 valence electrons. The lowest BCUT2D eigenvalue weighted by atomic mass is 9.55. The molecule has 4 fully saturated rings. The summed E-state index contributed by atoms with van der Waals surface area (Å²) in [4.78, 5) is 39.8. The zero-order valence-electron chi connectivity index (χ0n) is 23.1. The highest BCUT2D eigenvalue weighted by atomic mass is 16.6. The van der Waals surface area contributed by atoms with Gasteiger partial charge in [-0.15, -0.1) is 0 Å². The van der Waals surface area contributed by atoms with Gasteiger partial charge in [0.25, 0.3) is 0 Å². The van der Waals surface area contributed by atoms with E-state index in [1.807, 2.05) is 26.8 Å². The number of carbonyl (C=O) groups excluding carboxylic acids is 3. The van der Waals surface area contributed by atoms with Gasteiger partial charge in [-0.3, -0.25) is 4.79 Å². The maximum absolute atomic E-state index is 13.7. The van der Waals surface area contributed by atoms with E-state index in [0.717, 1.165) is 43.1 Å². The summed E-state index contributed by atoms with van der Waals surface area (Å²) in [7, 11) is 1.42. The van der Waals surface area contributed by atoms with Gasteiger partial charge in [0.1, 0.15) is 41.1 Å². The fourth-order valence-corrected chi connectivity index (χ4v) is 7.56. The Balaban J connectivity index is 1.35. The third-order valence-electron chi connectivity index (χ3n) is 8.91. The normalized spacial score (nSPS) is 26.6. The number of rotatable bonds is 6. The summed E-state index contributed by atoms with van der Waals surface area (Å²) in [5, 5.41) is 0. The van der Waals surface area contributed by atoms with E-state index in [1.54, 1.807) is 18.2 Å². The monoisotopic (exact) mass is 532 g/mol. The van der Waals surface area contributed by atoms with Crippen molar-refractivity contribution in [3.05, 3.63) is 52.1 Å². The molecule has 0 spiro atoms. The number of Topliss-reactive ketones (excluding diaryl/α,β-unsaturated/α-hetero) is 1. The molecule has 4 bridgehead atoms. The molecule has 0 saturated heterocycles. The van der Waals surface area contributed by atoms with Crippen LogP contribution in [-0.4, -0.2) is 30.9 Å². The summed E-state index contributed by atoms with van der Waals surface area (Å²) in [5.41, 5.74) is 2.10. The van der Waals surface area contributed by atoms with Gasteiger partial charge < -0.3 is 18.9 Å². The van der Waals surface area contributed by atoms with Crippen LogP contribution in [-0.2, 0) is 16.1 Å². The van der Waals surface area contributed by atoms with Crippen molar-refractivity contribution in [2.45, 2.75) is 72.0 Å². The van der Waals surface area contributed by atoms with Crippen LogP contribution in [0.15, 0.2) is 24.3 Å². The van der Waals surface area contributed by atoms with Gasteiger partial charge in [-0.2, -0.15) is 0 Å². The second-order valence-electron chi connectivity index (χ2n) is 12.3. The summed E-state index contributed by atoms with van der Waals surface area (Å²) in [6.07, 6.45) is 6.17. The molecule has 4 aliphatic carbocycles. The van der Waals surface area contributed by atoms with E-state index >= 15 is 0 Å². The van der Waals surface area contributed by atoms with E-state index in [1.165, 1.54) is 13.5 Å². The maximum atomic E-state index is 13.7. The minimum atomic E-state index is -0.647. The first-order chi connectivity index (χ1) is 18.7. The number of aryl methyl sites for hydroxylation is 1. The van der Waals surface area contributed by atoms with Gasteiger partial charge in [-0.1, -0.05) is 13.8 Å². The number of methoxy groups -OCH3 is 1. The quantitative estimate of drug-likeness (QED) is 0.303. The first-order valence-corrected chi connectivity index (χ1v) is 14.2. The van der Waals surface area contributed by atoms with E-state index in [0.29, 0.717) is 40.7 Å². The van der Waals surface area contributed by atoms with Crippen molar-refractivity contribution < 1.29 is 33.3 Å². The average molecular weight is 533 g/mol. The molecular formula is C32H36O7. The van der Waals surface area contributed by atoms with E-state index < -0.39 is 11.9 Å². The molecule has 0 radical (unpaired) electrons. The van der Waals surface area contributed by atoms with Gasteiger partial charge in [0.2, 0.25) is 0 Å². The van der Waals surface area contributed by atoms with Gasteiger partial charge in [0.15, 0.2) is 5.78 Å². The molecule has 1 aliphatic heterocycles. The molecule has 1 heterocycles. The standard InChI is InChI=1S/C32H36O7/c1-16(2)7-25(33)23-5-6-26-27(30(23)36-4)32(35)37-15-22-8-17(3)9-24(29(22)38-26)31(34)39-28-20-11-18-10-19(13-20)14-21(28)12-18/h5-6,8-9,16,18-21,28H,7,10-15H2,1-4H3. The van der Waals surface area contributed by atoms with Crippen LogP contribution in [0.5, 0.6) is 17.2 Å². The minimum absolute atomic E-state index is 0.0405. The zero-order chi connectivity index (χ0) is 27.4. The van der Waals surface area contributed by atoms with Crippen molar-refractivity contribution >= 4 is 17.7 Å². The van der Waals surface area contributed by atoms with Crippen molar-refractivity contribution in [3.63, 3.8) is 0 Å². The molecule has 0 aromatic heterocycles. The Hall–Kier alpha value is -3.35. The number of hydrogen-bond acceptors (Lipinski definition) is 7. The molecule has 4 saturated carbocycles. The lowest BCUT2D eigenvalue weighted by Gasteiger charge is -2.53. The summed E-state index contributed by atoms with van der Waals surface area (Å²) < 4.78 is 23.8. The summed E-state index contributed by atoms with van der Waals surface area (Å²) in [6.45, 7) is 5.72. The first kappa shape index (κ1) is 25.9. The Morgan fingerprint density at radius 1 is 1.00 bits per heavy atom. The summed E-state index contributed by atoms with van der Waals surface area (Å²) in [5.74, 6) is 2.00.